The molecule has 2 aromatic rings. The van der Waals surface area contributed by atoms with Crippen molar-refractivity contribution in [3.8, 4) is 5.69 Å². The quantitative estimate of drug-likeness (QED) is 0.918. The van der Waals surface area contributed by atoms with Gasteiger partial charge in [0.15, 0.2) is 0 Å². The van der Waals surface area contributed by atoms with E-state index in [1.54, 1.807) is 6.07 Å². The summed E-state index contributed by atoms with van der Waals surface area (Å²) in [5, 5.41) is 4.74. The first-order valence-corrected chi connectivity index (χ1v) is 8.38. The standard InChI is InChI=1S/C17H21Cl2N3/c1-12-9-14(11-21-7-5-20-6-8-21)13(2)22(12)17-4-3-15(18)10-16(17)19/h3-4,9-10,20H,5-8,11H2,1-2H3. The van der Waals surface area contributed by atoms with Crippen LogP contribution >= 0.6 is 23.2 Å². The maximum Gasteiger partial charge on any atom is 0.0661 e. The maximum atomic E-state index is 6.39. The highest BCUT2D eigenvalue weighted by Gasteiger charge is 2.16. The molecule has 3 nitrogen and oxygen atoms in total. The van der Waals surface area contributed by atoms with Crippen LogP contribution in [0.4, 0.5) is 0 Å². The fourth-order valence-corrected chi connectivity index (χ4v) is 3.63. The van der Waals surface area contributed by atoms with Crippen molar-refractivity contribution in [1.82, 2.24) is 14.8 Å². The van der Waals surface area contributed by atoms with Crippen molar-refractivity contribution >= 4 is 23.2 Å². The van der Waals surface area contributed by atoms with Crippen LogP contribution in [0.15, 0.2) is 24.3 Å². The predicted molar refractivity (Wildman–Crippen MR) is 93.4 cm³/mol. The third kappa shape index (κ3) is 3.18. The van der Waals surface area contributed by atoms with Crippen LogP contribution in [0.2, 0.25) is 10.0 Å². The van der Waals surface area contributed by atoms with Gasteiger partial charge in [-0.25, -0.2) is 0 Å². The molecular weight excluding hydrogens is 317 g/mol. The lowest BCUT2D eigenvalue weighted by Gasteiger charge is -2.27. The number of benzene rings is 1. The fraction of sp³-hybridized carbons (Fsp3) is 0.412. The summed E-state index contributed by atoms with van der Waals surface area (Å²) in [5.41, 5.74) is 4.81. The number of rotatable bonds is 3. The summed E-state index contributed by atoms with van der Waals surface area (Å²) < 4.78 is 2.22. The first-order valence-electron chi connectivity index (χ1n) is 7.62. The highest BCUT2D eigenvalue weighted by Crippen LogP contribution is 2.29. The second-order valence-electron chi connectivity index (χ2n) is 5.85. The normalized spacial score (nSPS) is 16.2. The average molecular weight is 338 g/mol. The molecule has 1 aromatic carbocycles. The van der Waals surface area contributed by atoms with Crippen LogP contribution in [0.5, 0.6) is 0 Å². The minimum absolute atomic E-state index is 0.664. The molecule has 0 spiro atoms. The zero-order valence-electron chi connectivity index (χ0n) is 13.0. The van der Waals surface area contributed by atoms with Gasteiger partial charge in [0.1, 0.15) is 0 Å². The van der Waals surface area contributed by atoms with Gasteiger partial charge in [-0.1, -0.05) is 23.2 Å². The van der Waals surface area contributed by atoms with Crippen LogP contribution in [0.25, 0.3) is 5.69 Å². The second kappa shape index (κ2) is 6.63. The molecule has 1 aliphatic heterocycles. The first-order chi connectivity index (χ1) is 10.6. The number of piperazine rings is 1. The summed E-state index contributed by atoms with van der Waals surface area (Å²) in [5.74, 6) is 0. The molecule has 1 saturated heterocycles. The van der Waals surface area contributed by atoms with Crippen LogP contribution in [0.3, 0.4) is 0 Å². The van der Waals surface area contributed by atoms with Gasteiger partial charge < -0.3 is 9.88 Å². The summed E-state index contributed by atoms with van der Waals surface area (Å²) >= 11 is 12.4. The van der Waals surface area contributed by atoms with Crippen molar-refractivity contribution in [3.05, 3.63) is 51.3 Å². The van der Waals surface area contributed by atoms with Crippen molar-refractivity contribution in [3.63, 3.8) is 0 Å². The van der Waals surface area contributed by atoms with Gasteiger partial charge in [-0.15, -0.1) is 0 Å². The number of nitrogens with zero attached hydrogens (tertiary/aromatic N) is 2. The fourth-order valence-electron chi connectivity index (χ4n) is 3.13. The molecule has 0 amide bonds. The van der Waals surface area contributed by atoms with E-state index >= 15 is 0 Å². The molecule has 1 fully saturated rings. The van der Waals surface area contributed by atoms with Gasteiger partial charge in [-0.3, -0.25) is 4.90 Å². The van der Waals surface area contributed by atoms with Gasteiger partial charge in [0.25, 0.3) is 0 Å². The van der Waals surface area contributed by atoms with Crippen LogP contribution < -0.4 is 5.32 Å². The Kier molecular flexibility index (Phi) is 4.79. The average Bonchev–Trinajstić information content (AvgIpc) is 2.75. The number of nitrogens with one attached hydrogen (secondary N) is 1. The summed E-state index contributed by atoms with van der Waals surface area (Å²) in [6.45, 7) is 9.63. The number of hydrogen-bond acceptors (Lipinski definition) is 2. The third-order valence-electron chi connectivity index (χ3n) is 4.29. The van der Waals surface area contributed by atoms with E-state index in [1.165, 1.54) is 17.0 Å². The molecule has 22 heavy (non-hydrogen) atoms. The monoisotopic (exact) mass is 337 g/mol. The van der Waals surface area contributed by atoms with Gasteiger partial charge in [0.2, 0.25) is 0 Å². The Bertz CT molecular complexity index is 673. The number of aryl methyl sites for hydroxylation is 1. The molecule has 118 valence electrons. The zero-order chi connectivity index (χ0) is 15.7. The molecule has 1 aliphatic rings. The Hall–Kier alpha value is -1.000. The largest absolute Gasteiger partial charge is 0.317 e. The third-order valence-corrected chi connectivity index (χ3v) is 4.83. The number of halogens is 2. The molecule has 3 rings (SSSR count). The van der Waals surface area contributed by atoms with Crippen LogP contribution in [0, 0.1) is 13.8 Å². The van der Waals surface area contributed by atoms with Crippen LogP contribution in [-0.2, 0) is 6.54 Å². The zero-order valence-corrected chi connectivity index (χ0v) is 14.5. The molecule has 0 unspecified atom stereocenters. The van der Waals surface area contributed by atoms with Gasteiger partial charge in [0.05, 0.1) is 10.7 Å². The summed E-state index contributed by atoms with van der Waals surface area (Å²) in [4.78, 5) is 2.49. The second-order valence-corrected chi connectivity index (χ2v) is 6.70. The Morgan fingerprint density at radius 1 is 1.09 bits per heavy atom. The van der Waals surface area contributed by atoms with Gasteiger partial charge >= 0.3 is 0 Å². The molecule has 2 heterocycles. The molecule has 1 N–H and O–H groups in total. The molecule has 0 saturated carbocycles. The Balaban J connectivity index is 1.92. The molecule has 0 radical (unpaired) electrons. The van der Waals surface area contributed by atoms with E-state index in [2.05, 4.69) is 34.7 Å². The molecule has 5 heteroatoms. The summed E-state index contributed by atoms with van der Waals surface area (Å²) in [6.07, 6.45) is 0. The van der Waals surface area contributed by atoms with Crippen molar-refractivity contribution in [2.75, 3.05) is 26.2 Å². The van der Waals surface area contributed by atoms with E-state index in [1.807, 2.05) is 12.1 Å². The summed E-state index contributed by atoms with van der Waals surface area (Å²) in [7, 11) is 0. The lowest BCUT2D eigenvalue weighted by Crippen LogP contribution is -2.42. The van der Waals surface area contributed by atoms with Crippen LogP contribution in [0.1, 0.15) is 17.0 Å². The summed E-state index contributed by atoms with van der Waals surface area (Å²) in [6, 6.07) is 7.94. The minimum Gasteiger partial charge on any atom is -0.317 e. The van der Waals surface area contributed by atoms with E-state index in [9.17, 15) is 0 Å². The Morgan fingerprint density at radius 3 is 2.50 bits per heavy atom. The van der Waals surface area contributed by atoms with Crippen molar-refractivity contribution in [2.24, 2.45) is 0 Å². The van der Waals surface area contributed by atoms with E-state index < -0.39 is 0 Å². The van der Waals surface area contributed by atoms with Crippen molar-refractivity contribution < 1.29 is 0 Å². The van der Waals surface area contributed by atoms with Crippen molar-refractivity contribution in [1.29, 1.82) is 0 Å². The highest BCUT2D eigenvalue weighted by molar-refractivity contribution is 6.35. The van der Waals surface area contributed by atoms with Crippen molar-refractivity contribution in [2.45, 2.75) is 20.4 Å². The van der Waals surface area contributed by atoms with Crippen LogP contribution in [-0.4, -0.2) is 35.6 Å². The molecule has 1 aromatic heterocycles. The molecular formula is C17H21Cl2N3. The maximum absolute atomic E-state index is 6.39. The van der Waals surface area contributed by atoms with Gasteiger partial charge in [0, 0.05) is 49.1 Å². The lowest BCUT2D eigenvalue weighted by atomic mass is 10.2. The lowest BCUT2D eigenvalue weighted by molar-refractivity contribution is 0.233. The highest BCUT2D eigenvalue weighted by atomic mass is 35.5. The van der Waals surface area contributed by atoms with Gasteiger partial charge in [-0.2, -0.15) is 0 Å². The first kappa shape index (κ1) is 15.9. The van der Waals surface area contributed by atoms with Gasteiger partial charge in [-0.05, 0) is 43.7 Å². The van der Waals surface area contributed by atoms with E-state index in [0.29, 0.717) is 10.0 Å². The number of hydrogen-bond donors (Lipinski definition) is 1. The minimum atomic E-state index is 0.664. The molecule has 0 aliphatic carbocycles. The topological polar surface area (TPSA) is 20.2 Å². The Labute approximate surface area is 141 Å². The van der Waals surface area contributed by atoms with E-state index in [-0.39, 0.29) is 0 Å². The Morgan fingerprint density at radius 2 is 1.82 bits per heavy atom. The van der Waals surface area contributed by atoms with E-state index in [0.717, 1.165) is 38.4 Å². The smallest absolute Gasteiger partial charge is 0.0661 e. The predicted octanol–water partition coefficient (Wildman–Crippen LogP) is 3.81. The SMILES string of the molecule is Cc1cc(CN2CCNCC2)c(C)n1-c1ccc(Cl)cc1Cl. The van der Waals surface area contributed by atoms with E-state index in [4.69, 9.17) is 23.2 Å². The molecule has 0 atom stereocenters. The molecule has 0 bridgehead atoms. The number of aromatic nitrogens is 1.